The minimum absolute atomic E-state index is 0.420. The van der Waals surface area contributed by atoms with Gasteiger partial charge >= 0.3 is 0 Å². The molecule has 94 valence electrons. The Bertz CT molecular complexity index is 328. The highest BCUT2D eigenvalue weighted by molar-refractivity contribution is 5.23. The largest absolute Gasteiger partial charge is 0.327 e. The predicted octanol–water partition coefficient (Wildman–Crippen LogP) is 3.70. The summed E-state index contributed by atoms with van der Waals surface area (Å²) in [5, 5.41) is 0. The van der Waals surface area contributed by atoms with E-state index < -0.39 is 0 Å². The Balaban J connectivity index is 1.98. The number of aryl methyl sites for hydroxylation is 1. The zero-order chi connectivity index (χ0) is 12.1. The molecule has 1 fully saturated rings. The van der Waals surface area contributed by atoms with Gasteiger partial charge in [0.1, 0.15) is 0 Å². The highest BCUT2D eigenvalue weighted by Crippen LogP contribution is 2.25. The molecule has 1 heteroatoms. The maximum Gasteiger partial charge on any atom is 0.00703 e. The lowest BCUT2D eigenvalue weighted by Crippen LogP contribution is -2.30. The fourth-order valence-corrected chi connectivity index (χ4v) is 2.88. The minimum Gasteiger partial charge on any atom is -0.327 e. The smallest absolute Gasteiger partial charge is 0.00703 e. The van der Waals surface area contributed by atoms with Crippen LogP contribution >= 0.6 is 0 Å². The lowest BCUT2D eigenvalue weighted by atomic mass is 9.88. The molecule has 0 spiro atoms. The molecule has 0 amide bonds. The molecular weight excluding hydrogens is 206 g/mol. The lowest BCUT2D eigenvalue weighted by molar-refractivity contribution is 0.395. The van der Waals surface area contributed by atoms with Gasteiger partial charge in [-0.25, -0.2) is 0 Å². The first-order valence-corrected chi connectivity index (χ1v) is 7.13. The van der Waals surface area contributed by atoms with Crippen LogP contribution in [0.2, 0.25) is 0 Å². The summed E-state index contributed by atoms with van der Waals surface area (Å²) in [5.41, 5.74) is 9.17. The van der Waals surface area contributed by atoms with Gasteiger partial charge in [-0.05, 0) is 42.7 Å². The summed E-state index contributed by atoms with van der Waals surface area (Å²) < 4.78 is 0. The number of benzene rings is 1. The molecule has 1 aliphatic rings. The van der Waals surface area contributed by atoms with Crippen molar-refractivity contribution in [3.63, 3.8) is 0 Å². The highest BCUT2D eigenvalue weighted by Gasteiger charge is 2.20. The molecule has 2 unspecified atom stereocenters. The standard InChI is InChI=1S/C16H25N/c1-2-13-8-10-14(11-9-13)12-15-6-4-3-5-7-16(15)17/h8-11,15-16H,2-7,12,17H2,1H3. The Hall–Kier alpha value is -0.820. The van der Waals surface area contributed by atoms with Gasteiger partial charge in [-0.15, -0.1) is 0 Å². The van der Waals surface area contributed by atoms with E-state index in [4.69, 9.17) is 5.73 Å². The van der Waals surface area contributed by atoms with Crippen molar-refractivity contribution in [2.45, 2.75) is 57.9 Å². The summed E-state index contributed by atoms with van der Waals surface area (Å²) in [6.45, 7) is 2.20. The van der Waals surface area contributed by atoms with E-state index in [-0.39, 0.29) is 0 Å². The summed E-state index contributed by atoms with van der Waals surface area (Å²) in [7, 11) is 0. The molecule has 0 bridgehead atoms. The average molecular weight is 231 g/mol. The van der Waals surface area contributed by atoms with Crippen molar-refractivity contribution in [3.05, 3.63) is 35.4 Å². The van der Waals surface area contributed by atoms with E-state index in [1.807, 2.05) is 0 Å². The normalized spacial score (nSPS) is 25.5. The van der Waals surface area contributed by atoms with Crippen molar-refractivity contribution < 1.29 is 0 Å². The maximum absolute atomic E-state index is 6.28. The van der Waals surface area contributed by atoms with Gasteiger partial charge in [0, 0.05) is 6.04 Å². The molecule has 1 aromatic carbocycles. The van der Waals surface area contributed by atoms with Gasteiger partial charge in [-0.3, -0.25) is 0 Å². The Morgan fingerprint density at radius 2 is 1.65 bits per heavy atom. The van der Waals surface area contributed by atoms with Crippen molar-refractivity contribution in [1.29, 1.82) is 0 Å². The second-order valence-electron chi connectivity index (χ2n) is 5.44. The number of hydrogen-bond donors (Lipinski definition) is 1. The van der Waals surface area contributed by atoms with Crippen LogP contribution in [0.25, 0.3) is 0 Å². The Morgan fingerprint density at radius 3 is 2.35 bits per heavy atom. The monoisotopic (exact) mass is 231 g/mol. The van der Waals surface area contributed by atoms with Crippen LogP contribution in [-0.4, -0.2) is 6.04 Å². The van der Waals surface area contributed by atoms with Crippen molar-refractivity contribution in [2.75, 3.05) is 0 Å². The molecule has 0 saturated heterocycles. The van der Waals surface area contributed by atoms with Gasteiger partial charge in [-0.2, -0.15) is 0 Å². The quantitative estimate of drug-likeness (QED) is 0.789. The molecule has 2 atom stereocenters. The topological polar surface area (TPSA) is 26.0 Å². The molecule has 1 nitrogen and oxygen atoms in total. The third-order valence-electron chi connectivity index (χ3n) is 4.15. The first kappa shape index (κ1) is 12.6. The van der Waals surface area contributed by atoms with Crippen LogP contribution in [0.1, 0.15) is 50.2 Å². The molecule has 17 heavy (non-hydrogen) atoms. The van der Waals surface area contributed by atoms with Crippen LogP contribution in [-0.2, 0) is 12.8 Å². The molecule has 2 N–H and O–H groups in total. The molecule has 1 aliphatic carbocycles. The second-order valence-corrected chi connectivity index (χ2v) is 5.44. The Morgan fingerprint density at radius 1 is 1.00 bits per heavy atom. The molecule has 1 aromatic rings. The fraction of sp³-hybridized carbons (Fsp3) is 0.625. The van der Waals surface area contributed by atoms with E-state index in [1.165, 1.54) is 49.7 Å². The van der Waals surface area contributed by atoms with Crippen molar-refractivity contribution >= 4 is 0 Å². The first-order valence-electron chi connectivity index (χ1n) is 7.13. The number of rotatable bonds is 3. The van der Waals surface area contributed by atoms with Crippen LogP contribution in [0.3, 0.4) is 0 Å². The fourth-order valence-electron chi connectivity index (χ4n) is 2.88. The van der Waals surface area contributed by atoms with Gasteiger partial charge in [0.15, 0.2) is 0 Å². The van der Waals surface area contributed by atoms with Crippen LogP contribution in [0.4, 0.5) is 0 Å². The van der Waals surface area contributed by atoms with Crippen molar-refractivity contribution in [2.24, 2.45) is 11.7 Å². The zero-order valence-corrected chi connectivity index (χ0v) is 11.0. The van der Waals surface area contributed by atoms with E-state index in [0.717, 1.165) is 6.42 Å². The van der Waals surface area contributed by atoms with Gasteiger partial charge in [-0.1, -0.05) is 50.5 Å². The van der Waals surface area contributed by atoms with E-state index in [9.17, 15) is 0 Å². The summed E-state index contributed by atoms with van der Waals surface area (Å²) >= 11 is 0. The van der Waals surface area contributed by atoms with Crippen LogP contribution < -0.4 is 5.73 Å². The summed E-state index contributed by atoms with van der Waals surface area (Å²) in [6, 6.07) is 9.52. The Kier molecular flexibility index (Phi) is 4.61. The average Bonchev–Trinajstić information content (AvgIpc) is 2.56. The molecule has 0 heterocycles. The maximum atomic E-state index is 6.28. The summed E-state index contributed by atoms with van der Waals surface area (Å²) in [6.07, 6.45) is 8.90. The molecule has 0 aliphatic heterocycles. The van der Waals surface area contributed by atoms with E-state index >= 15 is 0 Å². The number of nitrogens with two attached hydrogens (primary N) is 1. The SMILES string of the molecule is CCc1ccc(CC2CCCCCC2N)cc1. The van der Waals surface area contributed by atoms with Gasteiger partial charge in [0.25, 0.3) is 0 Å². The van der Waals surface area contributed by atoms with Crippen LogP contribution in [0.15, 0.2) is 24.3 Å². The second kappa shape index (κ2) is 6.20. The zero-order valence-electron chi connectivity index (χ0n) is 11.0. The molecule has 0 aromatic heterocycles. The Labute approximate surface area is 105 Å². The van der Waals surface area contributed by atoms with Crippen molar-refractivity contribution in [3.8, 4) is 0 Å². The minimum atomic E-state index is 0.420. The molecular formula is C16H25N. The summed E-state index contributed by atoms with van der Waals surface area (Å²) in [4.78, 5) is 0. The lowest BCUT2D eigenvalue weighted by Gasteiger charge is -2.21. The van der Waals surface area contributed by atoms with Gasteiger partial charge in [0.05, 0.1) is 0 Å². The highest BCUT2D eigenvalue weighted by atomic mass is 14.6. The third-order valence-corrected chi connectivity index (χ3v) is 4.15. The molecule has 0 radical (unpaired) electrons. The summed E-state index contributed by atoms with van der Waals surface area (Å²) in [5.74, 6) is 0.699. The van der Waals surface area contributed by atoms with E-state index in [1.54, 1.807) is 0 Å². The third kappa shape index (κ3) is 3.57. The molecule has 2 rings (SSSR count). The predicted molar refractivity (Wildman–Crippen MR) is 74.1 cm³/mol. The van der Waals surface area contributed by atoms with Crippen LogP contribution in [0.5, 0.6) is 0 Å². The first-order chi connectivity index (χ1) is 8.29. The van der Waals surface area contributed by atoms with E-state index in [0.29, 0.717) is 12.0 Å². The van der Waals surface area contributed by atoms with Crippen LogP contribution in [0, 0.1) is 5.92 Å². The van der Waals surface area contributed by atoms with E-state index in [2.05, 4.69) is 31.2 Å². The number of hydrogen-bond acceptors (Lipinski definition) is 1. The van der Waals surface area contributed by atoms with Gasteiger partial charge < -0.3 is 5.73 Å². The van der Waals surface area contributed by atoms with Crippen molar-refractivity contribution in [1.82, 2.24) is 0 Å². The van der Waals surface area contributed by atoms with Gasteiger partial charge in [0.2, 0.25) is 0 Å². The molecule has 1 saturated carbocycles.